The summed E-state index contributed by atoms with van der Waals surface area (Å²) in [5.41, 5.74) is 0. The van der Waals surface area contributed by atoms with E-state index in [0.29, 0.717) is 0 Å². The molecule has 0 atom stereocenters. The topological polar surface area (TPSA) is 18.5 Å². The first-order chi connectivity index (χ1) is 6.13. The van der Waals surface area contributed by atoms with E-state index in [1.807, 2.05) is 0 Å². The van der Waals surface area contributed by atoms with Crippen molar-refractivity contribution in [2.75, 3.05) is 54.4 Å². The first-order valence-corrected chi connectivity index (χ1v) is 5.13. The van der Waals surface area contributed by atoms with Crippen LogP contribution in [0.3, 0.4) is 0 Å². The van der Waals surface area contributed by atoms with Crippen molar-refractivity contribution in [1.29, 1.82) is 0 Å². The van der Waals surface area contributed by atoms with Crippen LogP contribution in [0.15, 0.2) is 0 Å². The van der Waals surface area contributed by atoms with Gasteiger partial charge < -0.3 is 15.1 Å². The fourth-order valence-electron chi connectivity index (χ4n) is 1.11. The lowest BCUT2D eigenvalue weighted by Crippen LogP contribution is -2.27. The van der Waals surface area contributed by atoms with Crippen molar-refractivity contribution in [3.63, 3.8) is 0 Å². The van der Waals surface area contributed by atoms with Crippen LogP contribution in [0.25, 0.3) is 0 Å². The van der Waals surface area contributed by atoms with E-state index in [0.717, 1.165) is 19.6 Å². The highest BCUT2D eigenvalue weighted by atomic mass is 15.1. The molecule has 0 aromatic carbocycles. The van der Waals surface area contributed by atoms with Crippen molar-refractivity contribution in [2.45, 2.75) is 12.8 Å². The van der Waals surface area contributed by atoms with Gasteiger partial charge in [0.2, 0.25) is 0 Å². The number of nitrogens with one attached hydrogen (secondary N) is 1. The summed E-state index contributed by atoms with van der Waals surface area (Å²) in [5, 5.41) is 3.43. The average Bonchev–Trinajstić information content (AvgIpc) is 2.01. The lowest BCUT2D eigenvalue weighted by molar-refractivity contribution is 0.381. The Bertz CT molecular complexity index is 90.3. The van der Waals surface area contributed by atoms with Gasteiger partial charge in [0.1, 0.15) is 0 Å². The number of unbranched alkanes of at least 4 members (excludes halogenated alkanes) is 1. The Morgan fingerprint density at radius 3 is 1.92 bits per heavy atom. The molecule has 0 aliphatic heterocycles. The smallest absolute Gasteiger partial charge is 0.0101 e. The van der Waals surface area contributed by atoms with Crippen molar-refractivity contribution in [3.8, 4) is 0 Å². The number of nitrogens with zero attached hydrogens (tertiary/aromatic N) is 2. The Kier molecular flexibility index (Phi) is 8.40. The maximum absolute atomic E-state index is 3.43. The molecular formula is C10H25N3. The fraction of sp³-hybridized carbons (Fsp3) is 1.00. The molecule has 0 aromatic rings. The maximum Gasteiger partial charge on any atom is 0.0101 e. The van der Waals surface area contributed by atoms with Crippen LogP contribution in [0.4, 0.5) is 0 Å². The summed E-state index contributed by atoms with van der Waals surface area (Å²) in [6.07, 6.45) is 2.58. The zero-order valence-electron chi connectivity index (χ0n) is 9.64. The molecule has 3 nitrogen and oxygen atoms in total. The van der Waals surface area contributed by atoms with E-state index < -0.39 is 0 Å². The second kappa shape index (κ2) is 8.48. The normalized spacial score (nSPS) is 11.5. The van der Waals surface area contributed by atoms with Crippen LogP contribution >= 0.6 is 0 Å². The lowest BCUT2D eigenvalue weighted by atomic mass is 10.3. The SMILES string of the molecule is CN(C)CCCCNCCN(C)C. The van der Waals surface area contributed by atoms with Crippen LogP contribution in [0.2, 0.25) is 0 Å². The van der Waals surface area contributed by atoms with Gasteiger partial charge in [0.25, 0.3) is 0 Å². The molecule has 0 aromatic heterocycles. The monoisotopic (exact) mass is 187 g/mol. The first-order valence-electron chi connectivity index (χ1n) is 5.13. The fourth-order valence-corrected chi connectivity index (χ4v) is 1.11. The largest absolute Gasteiger partial charge is 0.315 e. The van der Waals surface area contributed by atoms with Gasteiger partial charge in [-0.05, 0) is 54.1 Å². The Balaban J connectivity index is 2.92. The minimum Gasteiger partial charge on any atom is -0.315 e. The van der Waals surface area contributed by atoms with Crippen LogP contribution < -0.4 is 5.32 Å². The quantitative estimate of drug-likeness (QED) is 0.558. The molecule has 3 heteroatoms. The molecule has 0 bridgehead atoms. The minimum absolute atomic E-state index is 1.11. The van der Waals surface area contributed by atoms with E-state index in [1.54, 1.807) is 0 Å². The van der Waals surface area contributed by atoms with Gasteiger partial charge in [-0.15, -0.1) is 0 Å². The maximum atomic E-state index is 3.43. The summed E-state index contributed by atoms with van der Waals surface area (Å²) < 4.78 is 0. The summed E-state index contributed by atoms with van der Waals surface area (Å²) in [7, 11) is 8.46. The molecule has 13 heavy (non-hydrogen) atoms. The standard InChI is InChI=1S/C10H25N3/c1-12(2)9-6-5-7-11-8-10-13(3)4/h11H,5-10H2,1-4H3. The van der Waals surface area contributed by atoms with Crippen molar-refractivity contribution in [2.24, 2.45) is 0 Å². The summed E-state index contributed by atoms with van der Waals surface area (Å²) in [6, 6.07) is 0. The van der Waals surface area contributed by atoms with Gasteiger partial charge in [0.05, 0.1) is 0 Å². The van der Waals surface area contributed by atoms with Gasteiger partial charge in [0, 0.05) is 13.1 Å². The zero-order valence-corrected chi connectivity index (χ0v) is 9.64. The van der Waals surface area contributed by atoms with E-state index in [9.17, 15) is 0 Å². The Hall–Kier alpha value is -0.120. The molecule has 0 saturated heterocycles. The van der Waals surface area contributed by atoms with Crippen molar-refractivity contribution >= 4 is 0 Å². The number of likely N-dealkylation sites (N-methyl/N-ethyl adjacent to an activating group) is 1. The van der Waals surface area contributed by atoms with E-state index in [2.05, 4.69) is 43.3 Å². The highest BCUT2D eigenvalue weighted by Gasteiger charge is 1.92. The predicted molar refractivity (Wildman–Crippen MR) is 59.2 cm³/mol. The molecule has 0 fully saturated rings. The molecule has 0 unspecified atom stereocenters. The van der Waals surface area contributed by atoms with Crippen LogP contribution in [-0.4, -0.2) is 64.2 Å². The molecule has 0 saturated carbocycles. The highest BCUT2D eigenvalue weighted by molar-refractivity contribution is 4.52. The van der Waals surface area contributed by atoms with Crippen LogP contribution in [0.5, 0.6) is 0 Å². The zero-order chi connectivity index (χ0) is 10.1. The molecule has 80 valence electrons. The molecule has 0 spiro atoms. The molecule has 0 radical (unpaired) electrons. The number of rotatable bonds is 8. The van der Waals surface area contributed by atoms with Gasteiger partial charge in [-0.1, -0.05) is 0 Å². The average molecular weight is 187 g/mol. The number of hydrogen-bond acceptors (Lipinski definition) is 3. The van der Waals surface area contributed by atoms with Gasteiger partial charge in [-0.3, -0.25) is 0 Å². The highest BCUT2D eigenvalue weighted by Crippen LogP contribution is 1.88. The van der Waals surface area contributed by atoms with Crippen molar-refractivity contribution in [1.82, 2.24) is 15.1 Å². The minimum atomic E-state index is 1.11. The van der Waals surface area contributed by atoms with Gasteiger partial charge in [-0.25, -0.2) is 0 Å². The Morgan fingerprint density at radius 2 is 1.38 bits per heavy atom. The number of hydrogen-bond donors (Lipinski definition) is 1. The van der Waals surface area contributed by atoms with Gasteiger partial charge in [-0.2, -0.15) is 0 Å². The van der Waals surface area contributed by atoms with E-state index in [4.69, 9.17) is 0 Å². The molecule has 0 heterocycles. The Morgan fingerprint density at radius 1 is 0.769 bits per heavy atom. The third kappa shape index (κ3) is 11.9. The lowest BCUT2D eigenvalue weighted by Gasteiger charge is -2.11. The summed E-state index contributed by atoms with van der Waals surface area (Å²) in [6.45, 7) is 4.60. The summed E-state index contributed by atoms with van der Waals surface area (Å²) >= 11 is 0. The summed E-state index contributed by atoms with van der Waals surface area (Å²) in [4.78, 5) is 4.44. The molecule has 0 aliphatic rings. The van der Waals surface area contributed by atoms with E-state index >= 15 is 0 Å². The molecule has 1 N–H and O–H groups in total. The third-order valence-electron chi connectivity index (χ3n) is 1.94. The van der Waals surface area contributed by atoms with Gasteiger partial charge in [0.15, 0.2) is 0 Å². The molecule has 0 amide bonds. The molecular weight excluding hydrogens is 162 g/mol. The first kappa shape index (κ1) is 12.9. The van der Waals surface area contributed by atoms with Crippen molar-refractivity contribution in [3.05, 3.63) is 0 Å². The van der Waals surface area contributed by atoms with E-state index in [1.165, 1.54) is 19.4 Å². The van der Waals surface area contributed by atoms with Crippen LogP contribution in [0, 0.1) is 0 Å². The van der Waals surface area contributed by atoms with Crippen molar-refractivity contribution < 1.29 is 0 Å². The van der Waals surface area contributed by atoms with Crippen LogP contribution in [-0.2, 0) is 0 Å². The molecule has 0 rings (SSSR count). The van der Waals surface area contributed by atoms with E-state index in [-0.39, 0.29) is 0 Å². The summed E-state index contributed by atoms with van der Waals surface area (Å²) in [5.74, 6) is 0. The second-order valence-electron chi connectivity index (χ2n) is 4.06. The molecule has 0 aliphatic carbocycles. The Labute approximate surface area is 83.1 Å². The predicted octanol–water partition coefficient (Wildman–Crippen LogP) is 0.479. The third-order valence-corrected chi connectivity index (χ3v) is 1.94. The van der Waals surface area contributed by atoms with Gasteiger partial charge >= 0.3 is 0 Å². The second-order valence-corrected chi connectivity index (χ2v) is 4.06. The van der Waals surface area contributed by atoms with Crippen LogP contribution in [0.1, 0.15) is 12.8 Å².